The Labute approximate surface area is 116 Å². The van der Waals surface area contributed by atoms with Crippen molar-refractivity contribution in [2.45, 2.75) is 44.5 Å². The lowest BCUT2D eigenvalue weighted by Crippen LogP contribution is -2.32. The van der Waals surface area contributed by atoms with Crippen molar-refractivity contribution in [2.75, 3.05) is 7.11 Å². The van der Waals surface area contributed by atoms with Gasteiger partial charge >= 0.3 is 6.18 Å². The lowest BCUT2D eigenvalue weighted by Gasteiger charge is -2.22. The van der Waals surface area contributed by atoms with Gasteiger partial charge in [0.15, 0.2) is 0 Å². The Morgan fingerprint density at radius 2 is 1.90 bits per heavy atom. The molecule has 1 aromatic carbocycles. The van der Waals surface area contributed by atoms with Crippen molar-refractivity contribution in [2.24, 2.45) is 5.73 Å². The van der Waals surface area contributed by atoms with Crippen LogP contribution in [0.2, 0.25) is 0 Å². The maximum absolute atomic E-state index is 12.6. The number of hydrogen-bond donors (Lipinski definition) is 2. The Morgan fingerprint density at radius 1 is 1.30 bits per heavy atom. The first-order chi connectivity index (χ1) is 9.16. The molecule has 3 N–H and O–H groups in total. The summed E-state index contributed by atoms with van der Waals surface area (Å²) in [7, 11) is 1.33. The largest absolute Gasteiger partial charge is 0.496 e. The normalized spacial score (nSPS) is 16.6. The summed E-state index contributed by atoms with van der Waals surface area (Å²) < 4.78 is 43.0. The van der Waals surface area contributed by atoms with Crippen molar-refractivity contribution in [1.82, 2.24) is 0 Å². The number of aliphatic hydroxyl groups is 1. The van der Waals surface area contributed by atoms with Gasteiger partial charge in [-0.05, 0) is 37.0 Å². The molecule has 20 heavy (non-hydrogen) atoms. The molecule has 1 aromatic rings. The van der Waals surface area contributed by atoms with Gasteiger partial charge in [0.2, 0.25) is 0 Å². The summed E-state index contributed by atoms with van der Waals surface area (Å²) in [5, 5.41) is 9.76. The molecule has 0 amide bonds. The minimum Gasteiger partial charge on any atom is -0.496 e. The fourth-order valence-electron chi connectivity index (χ4n) is 2.00. The summed E-state index contributed by atoms with van der Waals surface area (Å²) in [4.78, 5) is 0. The van der Waals surface area contributed by atoms with Gasteiger partial charge in [0, 0.05) is 6.04 Å². The van der Waals surface area contributed by atoms with Crippen LogP contribution in [0.4, 0.5) is 13.2 Å². The minimum atomic E-state index is -4.40. The number of alkyl halides is 3. The van der Waals surface area contributed by atoms with Crippen molar-refractivity contribution in [3.8, 4) is 5.75 Å². The van der Waals surface area contributed by atoms with E-state index < -0.39 is 23.9 Å². The Morgan fingerprint density at radius 3 is 2.35 bits per heavy atom. The van der Waals surface area contributed by atoms with Gasteiger partial charge in [-0.2, -0.15) is 13.2 Å². The first-order valence-electron chi connectivity index (χ1n) is 6.35. The van der Waals surface area contributed by atoms with E-state index in [-0.39, 0.29) is 11.7 Å². The Bertz CT molecular complexity index is 447. The fourth-order valence-corrected chi connectivity index (χ4v) is 2.00. The highest BCUT2D eigenvalue weighted by molar-refractivity contribution is 5.40. The van der Waals surface area contributed by atoms with Crippen molar-refractivity contribution < 1.29 is 23.0 Å². The van der Waals surface area contributed by atoms with Gasteiger partial charge in [-0.25, -0.2) is 0 Å². The molecular weight excluding hydrogens is 271 g/mol. The second-order valence-electron chi connectivity index (χ2n) is 5.02. The number of halogens is 3. The highest BCUT2D eigenvalue weighted by Crippen LogP contribution is 2.36. The van der Waals surface area contributed by atoms with E-state index in [0.29, 0.717) is 12.0 Å². The van der Waals surface area contributed by atoms with Crippen molar-refractivity contribution in [3.05, 3.63) is 29.3 Å². The Balaban J connectivity index is 3.01. The predicted molar refractivity (Wildman–Crippen MR) is 70.7 cm³/mol. The molecule has 0 radical (unpaired) electrons. The molecule has 0 fully saturated rings. The topological polar surface area (TPSA) is 55.5 Å². The molecule has 0 bridgehead atoms. The van der Waals surface area contributed by atoms with E-state index in [1.54, 1.807) is 6.92 Å². The second-order valence-corrected chi connectivity index (χ2v) is 5.02. The molecule has 0 aliphatic carbocycles. The molecule has 0 saturated carbocycles. The number of methoxy groups -OCH3 is 1. The van der Waals surface area contributed by atoms with E-state index in [4.69, 9.17) is 10.5 Å². The van der Waals surface area contributed by atoms with Crippen molar-refractivity contribution >= 4 is 0 Å². The zero-order valence-electron chi connectivity index (χ0n) is 11.7. The molecule has 3 nitrogen and oxygen atoms in total. The maximum Gasteiger partial charge on any atom is 0.416 e. The van der Waals surface area contributed by atoms with Crippen LogP contribution in [0.5, 0.6) is 5.75 Å². The third-order valence-electron chi connectivity index (χ3n) is 3.29. The molecular formula is C14H20F3NO2. The monoisotopic (exact) mass is 291 g/mol. The number of aliphatic hydroxyl groups excluding tert-OH is 1. The SMILES string of the molecule is COc1cc(C(F)(F)F)ccc1C(C)CC(O)C(C)N. The highest BCUT2D eigenvalue weighted by atomic mass is 19.4. The quantitative estimate of drug-likeness (QED) is 0.877. The van der Waals surface area contributed by atoms with Crippen LogP contribution < -0.4 is 10.5 Å². The summed E-state index contributed by atoms with van der Waals surface area (Å²) in [5.41, 5.74) is 5.46. The van der Waals surface area contributed by atoms with Crippen LogP contribution in [0, 0.1) is 0 Å². The summed E-state index contributed by atoms with van der Waals surface area (Å²) in [6.07, 6.45) is -4.75. The van der Waals surface area contributed by atoms with E-state index in [0.717, 1.165) is 12.1 Å². The molecule has 1 rings (SSSR count). The van der Waals surface area contributed by atoms with Crippen LogP contribution in [0.15, 0.2) is 18.2 Å². The predicted octanol–water partition coefficient (Wildman–Crippen LogP) is 2.92. The number of nitrogens with two attached hydrogens (primary N) is 1. The zero-order chi connectivity index (χ0) is 15.5. The van der Waals surface area contributed by atoms with E-state index in [1.807, 2.05) is 6.92 Å². The summed E-state index contributed by atoms with van der Waals surface area (Å²) in [6, 6.07) is 2.99. The van der Waals surface area contributed by atoms with Crippen LogP contribution in [-0.4, -0.2) is 24.4 Å². The van der Waals surface area contributed by atoms with Gasteiger partial charge in [0.25, 0.3) is 0 Å². The molecule has 0 aliphatic rings. The summed E-state index contributed by atoms with van der Waals surface area (Å²) in [5.74, 6) is 0.0115. The van der Waals surface area contributed by atoms with Gasteiger partial charge in [-0.3, -0.25) is 0 Å². The van der Waals surface area contributed by atoms with E-state index in [1.165, 1.54) is 13.2 Å². The summed E-state index contributed by atoms with van der Waals surface area (Å²) in [6.45, 7) is 3.50. The van der Waals surface area contributed by atoms with Crippen LogP contribution >= 0.6 is 0 Å². The van der Waals surface area contributed by atoms with Gasteiger partial charge < -0.3 is 15.6 Å². The van der Waals surface area contributed by atoms with E-state index in [9.17, 15) is 18.3 Å². The van der Waals surface area contributed by atoms with Crippen molar-refractivity contribution in [3.63, 3.8) is 0 Å². The van der Waals surface area contributed by atoms with Crippen molar-refractivity contribution in [1.29, 1.82) is 0 Å². The molecule has 0 heterocycles. The molecule has 114 valence electrons. The van der Waals surface area contributed by atoms with Crippen LogP contribution in [-0.2, 0) is 6.18 Å². The Hall–Kier alpha value is -1.27. The van der Waals surface area contributed by atoms with Gasteiger partial charge in [0.05, 0.1) is 18.8 Å². The lowest BCUT2D eigenvalue weighted by atomic mass is 9.91. The Kier molecular flexibility index (Phi) is 5.42. The van der Waals surface area contributed by atoms with Crippen LogP contribution in [0.1, 0.15) is 37.3 Å². The summed E-state index contributed by atoms with van der Waals surface area (Å²) >= 11 is 0. The standard InChI is InChI=1S/C14H20F3NO2/c1-8(6-12(19)9(2)18)11-5-4-10(14(15,16)17)7-13(11)20-3/h4-5,7-9,12,19H,6,18H2,1-3H3. The average molecular weight is 291 g/mol. The number of hydrogen-bond acceptors (Lipinski definition) is 3. The molecule has 0 saturated heterocycles. The zero-order valence-corrected chi connectivity index (χ0v) is 11.7. The van der Waals surface area contributed by atoms with Gasteiger partial charge in [-0.15, -0.1) is 0 Å². The van der Waals surface area contributed by atoms with E-state index in [2.05, 4.69) is 0 Å². The molecule has 6 heteroatoms. The van der Waals surface area contributed by atoms with Gasteiger partial charge in [-0.1, -0.05) is 13.0 Å². The molecule has 0 aliphatic heterocycles. The number of rotatable bonds is 5. The molecule has 3 atom stereocenters. The van der Waals surface area contributed by atoms with E-state index >= 15 is 0 Å². The highest BCUT2D eigenvalue weighted by Gasteiger charge is 2.31. The van der Waals surface area contributed by atoms with Gasteiger partial charge in [0.1, 0.15) is 5.75 Å². The first kappa shape index (κ1) is 16.8. The maximum atomic E-state index is 12.6. The van der Waals surface area contributed by atoms with Crippen LogP contribution in [0.25, 0.3) is 0 Å². The number of ether oxygens (including phenoxy) is 1. The lowest BCUT2D eigenvalue weighted by molar-refractivity contribution is -0.137. The molecule has 3 unspecified atom stereocenters. The third kappa shape index (κ3) is 4.11. The van der Waals surface area contributed by atoms with Crippen LogP contribution in [0.3, 0.4) is 0 Å². The first-order valence-corrected chi connectivity index (χ1v) is 6.35. The second kappa shape index (κ2) is 6.45. The minimum absolute atomic E-state index is 0.159. The number of benzene rings is 1. The molecule has 0 spiro atoms. The average Bonchev–Trinajstić information content (AvgIpc) is 2.36. The smallest absolute Gasteiger partial charge is 0.416 e. The fraction of sp³-hybridized carbons (Fsp3) is 0.571. The molecule has 0 aromatic heterocycles. The third-order valence-corrected chi connectivity index (χ3v) is 3.29.